The van der Waals surface area contributed by atoms with Gasteiger partial charge in [-0.25, -0.2) is 9.37 Å². The maximum absolute atomic E-state index is 14.5. The Balaban J connectivity index is 1.69. The smallest absolute Gasteiger partial charge is 0.267 e. The number of nitrogens with one attached hydrogen (secondary N) is 2. The summed E-state index contributed by atoms with van der Waals surface area (Å²) in [6.07, 6.45) is 3.11. The fraction of sp³-hybridized carbons (Fsp3) is 0.353. The number of pyridine rings is 1. The van der Waals surface area contributed by atoms with Crippen molar-refractivity contribution in [2.24, 2.45) is 11.7 Å². The number of alkyl halides is 1. The SMILES string of the molecule is NC(=O)c1cc(C(=O)NC2=CC(F)C([C@H]3CNCCO3)C=C2)cc(Cl)n1. The van der Waals surface area contributed by atoms with Crippen LogP contribution in [0, 0.1) is 5.92 Å². The first-order valence-corrected chi connectivity index (χ1v) is 8.47. The molecule has 0 saturated carbocycles. The van der Waals surface area contributed by atoms with Crippen LogP contribution in [0.25, 0.3) is 0 Å². The summed E-state index contributed by atoms with van der Waals surface area (Å²) in [5.41, 5.74) is 5.45. The first-order valence-electron chi connectivity index (χ1n) is 8.09. The lowest BCUT2D eigenvalue weighted by Gasteiger charge is -2.32. The molecule has 3 rings (SSSR count). The first kappa shape index (κ1) is 18.5. The monoisotopic (exact) mass is 380 g/mol. The lowest BCUT2D eigenvalue weighted by molar-refractivity contribution is -0.0113. The van der Waals surface area contributed by atoms with E-state index in [4.69, 9.17) is 22.1 Å². The minimum Gasteiger partial charge on any atom is -0.375 e. The molecule has 1 aliphatic carbocycles. The van der Waals surface area contributed by atoms with Crippen molar-refractivity contribution >= 4 is 23.4 Å². The minimum atomic E-state index is -1.29. The van der Waals surface area contributed by atoms with E-state index >= 15 is 0 Å². The number of morpholine rings is 1. The third kappa shape index (κ3) is 4.27. The molecule has 9 heteroatoms. The molecular formula is C17H18ClFN4O3. The number of nitrogens with two attached hydrogens (primary N) is 1. The molecule has 1 aromatic heterocycles. The highest BCUT2D eigenvalue weighted by atomic mass is 35.5. The van der Waals surface area contributed by atoms with Crippen molar-refractivity contribution in [2.75, 3.05) is 19.7 Å². The molecule has 0 aromatic carbocycles. The summed E-state index contributed by atoms with van der Waals surface area (Å²) in [6, 6.07) is 2.53. The molecule has 1 aromatic rings. The van der Waals surface area contributed by atoms with E-state index in [1.54, 1.807) is 12.2 Å². The van der Waals surface area contributed by atoms with E-state index in [1.807, 2.05) is 0 Å². The Bertz CT molecular complexity index is 777. The molecule has 7 nitrogen and oxygen atoms in total. The predicted molar refractivity (Wildman–Crippen MR) is 93.4 cm³/mol. The van der Waals surface area contributed by atoms with Crippen molar-refractivity contribution in [3.63, 3.8) is 0 Å². The third-order valence-electron chi connectivity index (χ3n) is 4.16. The first-order chi connectivity index (χ1) is 12.4. The van der Waals surface area contributed by atoms with E-state index in [0.29, 0.717) is 18.8 Å². The van der Waals surface area contributed by atoms with Gasteiger partial charge in [0.15, 0.2) is 0 Å². The van der Waals surface area contributed by atoms with Crippen LogP contribution in [-0.4, -0.2) is 48.8 Å². The van der Waals surface area contributed by atoms with Crippen LogP contribution in [-0.2, 0) is 4.74 Å². The van der Waals surface area contributed by atoms with Crippen molar-refractivity contribution < 1.29 is 18.7 Å². The summed E-state index contributed by atoms with van der Waals surface area (Å²) in [4.78, 5) is 27.3. The van der Waals surface area contributed by atoms with E-state index < -0.39 is 23.9 Å². The van der Waals surface area contributed by atoms with Crippen LogP contribution in [0.2, 0.25) is 5.15 Å². The Hall–Kier alpha value is -2.29. The number of carbonyl (C=O) groups is 2. The summed E-state index contributed by atoms with van der Waals surface area (Å²) in [5.74, 6) is -1.76. The molecule has 2 aliphatic rings. The predicted octanol–water partition coefficient (Wildman–Crippen LogP) is 0.960. The fourth-order valence-electron chi connectivity index (χ4n) is 2.86. The highest BCUT2D eigenvalue weighted by molar-refractivity contribution is 6.30. The number of rotatable bonds is 4. The van der Waals surface area contributed by atoms with Crippen molar-refractivity contribution in [1.29, 1.82) is 0 Å². The lowest BCUT2D eigenvalue weighted by atomic mass is 9.91. The molecule has 0 radical (unpaired) electrons. The van der Waals surface area contributed by atoms with Gasteiger partial charge < -0.3 is 21.1 Å². The van der Waals surface area contributed by atoms with Crippen LogP contribution in [0.5, 0.6) is 0 Å². The average Bonchev–Trinajstić information content (AvgIpc) is 2.62. The Morgan fingerprint density at radius 2 is 2.23 bits per heavy atom. The summed E-state index contributed by atoms with van der Waals surface area (Å²) in [6.45, 7) is 1.87. The molecule has 4 N–H and O–H groups in total. The number of hydrogen-bond acceptors (Lipinski definition) is 5. The van der Waals surface area contributed by atoms with Gasteiger partial charge >= 0.3 is 0 Å². The van der Waals surface area contributed by atoms with Gasteiger partial charge in [0.05, 0.1) is 12.7 Å². The summed E-state index contributed by atoms with van der Waals surface area (Å²) in [7, 11) is 0. The third-order valence-corrected chi connectivity index (χ3v) is 4.35. The zero-order chi connectivity index (χ0) is 18.7. The zero-order valence-electron chi connectivity index (χ0n) is 13.7. The summed E-state index contributed by atoms with van der Waals surface area (Å²) < 4.78 is 20.1. The Kier molecular flexibility index (Phi) is 5.65. The number of nitrogens with zero attached hydrogens (tertiary/aromatic N) is 1. The van der Waals surface area contributed by atoms with Gasteiger partial charge in [0.1, 0.15) is 17.0 Å². The molecule has 1 aliphatic heterocycles. The van der Waals surface area contributed by atoms with Gasteiger partial charge in [0, 0.05) is 30.3 Å². The number of aromatic nitrogens is 1. The number of allylic oxidation sites excluding steroid dienone is 2. The van der Waals surface area contributed by atoms with Crippen LogP contribution in [0.4, 0.5) is 4.39 Å². The Morgan fingerprint density at radius 1 is 1.42 bits per heavy atom. The maximum Gasteiger partial charge on any atom is 0.267 e. The van der Waals surface area contributed by atoms with Crippen LogP contribution in [0.1, 0.15) is 20.8 Å². The molecule has 0 spiro atoms. The van der Waals surface area contributed by atoms with Crippen LogP contribution in [0.3, 0.4) is 0 Å². The van der Waals surface area contributed by atoms with Crippen molar-refractivity contribution in [3.05, 3.63) is 52.5 Å². The molecule has 26 heavy (non-hydrogen) atoms. The minimum absolute atomic E-state index is 0.0370. The molecule has 1 fully saturated rings. The van der Waals surface area contributed by atoms with E-state index in [9.17, 15) is 14.0 Å². The van der Waals surface area contributed by atoms with E-state index in [-0.39, 0.29) is 22.5 Å². The molecule has 2 amide bonds. The molecule has 2 heterocycles. The van der Waals surface area contributed by atoms with E-state index in [0.717, 1.165) is 6.54 Å². The fourth-order valence-corrected chi connectivity index (χ4v) is 3.07. The highest BCUT2D eigenvalue weighted by Gasteiger charge is 2.31. The number of amides is 2. The molecule has 1 saturated heterocycles. The largest absolute Gasteiger partial charge is 0.375 e. The van der Waals surface area contributed by atoms with Crippen molar-refractivity contribution in [2.45, 2.75) is 12.3 Å². The normalized spacial score (nSPS) is 25.5. The standard InChI is InChI=1S/C17H18ClFN4O3/c18-15-6-9(5-13(23-15)16(20)24)17(25)22-10-1-2-11(12(19)7-10)14-8-21-3-4-26-14/h1-2,5-7,11-12,14,21H,3-4,8H2,(H2,20,24)(H,22,25)/t11?,12?,14-/m1/s1. The second-order valence-electron chi connectivity index (χ2n) is 6.00. The lowest BCUT2D eigenvalue weighted by Crippen LogP contribution is -2.45. The van der Waals surface area contributed by atoms with Gasteiger partial charge in [-0.15, -0.1) is 0 Å². The maximum atomic E-state index is 14.5. The molecule has 3 atom stereocenters. The number of hydrogen-bond donors (Lipinski definition) is 3. The quantitative estimate of drug-likeness (QED) is 0.674. The molecule has 2 unspecified atom stereocenters. The average molecular weight is 381 g/mol. The van der Waals surface area contributed by atoms with Crippen LogP contribution in [0.15, 0.2) is 36.1 Å². The topological polar surface area (TPSA) is 106 Å². The zero-order valence-corrected chi connectivity index (χ0v) is 14.5. The van der Waals surface area contributed by atoms with Gasteiger partial charge in [-0.1, -0.05) is 17.7 Å². The molecule has 0 bridgehead atoms. The Labute approximate surface area is 154 Å². The Morgan fingerprint density at radius 3 is 2.88 bits per heavy atom. The second-order valence-corrected chi connectivity index (χ2v) is 6.39. The van der Waals surface area contributed by atoms with Crippen molar-refractivity contribution in [1.82, 2.24) is 15.6 Å². The van der Waals surface area contributed by atoms with Gasteiger partial charge in [-0.3, -0.25) is 9.59 Å². The highest BCUT2D eigenvalue weighted by Crippen LogP contribution is 2.25. The van der Waals surface area contributed by atoms with E-state index in [1.165, 1.54) is 18.2 Å². The van der Waals surface area contributed by atoms with Gasteiger partial charge in [0.25, 0.3) is 11.8 Å². The van der Waals surface area contributed by atoms with Crippen molar-refractivity contribution in [3.8, 4) is 0 Å². The van der Waals surface area contributed by atoms with Gasteiger partial charge in [-0.2, -0.15) is 0 Å². The summed E-state index contributed by atoms with van der Waals surface area (Å²) >= 11 is 5.80. The number of primary amides is 1. The van der Waals surface area contributed by atoms with Crippen LogP contribution < -0.4 is 16.4 Å². The molecule has 138 valence electrons. The number of ether oxygens (including phenoxy) is 1. The van der Waals surface area contributed by atoms with Gasteiger partial charge in [-0.05, 0) is 24.3 Å². The second kappa shape index (κ2) is 7.94. The summed E-state index contributed by atoms with van der Waals surface area (Å²) in [5, 5.41) is 5.71. The number of carbonyl (C=O) groups excluding carboxylic acids is 2. The molecular weight excluding hydrogens is 363 g/mol. The van der Waals surface area contributed by atoms with Crippen LogP contribution >= 0.6 is 11.6 Å². The van der Waals surface area contributed by atoms with Gasteiger partial charge in [0.2, 0.25) is 0 Å². The van der Waals surface area contributed by atoms with E-state index in [2.05, 4.69) is 15.6 Å². The number of halogens is 2.